The van der Waals surface area contributed by atoms with Gasteiger partial charge in [-0.15, -0.1) is 0 Å². The summed E-state index contributed by atoms with van der Waals surface area (Å²) < 4.78 is 18.8. The van der Waals surface area contributed by atoms with Crippen LogP contribution in [0.25, 0.3) is 0 Å². The van der Waals surface area contributed by atoms with Gasteiger partial charge in [0.15, 0.2) is 5.82 Å². The topological polar surface area (TPSA) is 73.1 Å². The summed E-state index contributed by atoms with van der Waals surface area (Å²) >= 11 is 0. The lowest BCUT2D eigenvalue weighted by Crippen LogP contribution is -2.11. The van der Waals surface area contributed by atoms with Crippen molar-refractivity contribution in [1.82, 2.24) is 9.97 Å². The normalized spacial score (nSPS) is 10.5. The van der Waals surface area contributed by atoms with Crippen LogP contribution in [-0.2, 0) is 18.0 Å². The first-order valence-electron chi connectivity index (χ1n) is 5.81. The fourth-order valence-corrected chi connectivity index (χ4v) is 1.64. The van der Waals surface area contributed by atoms with Gasteiger partial charge >= 0.3 is 0 Å². The number of rotatable bonds is 5. The minimum absolute atomic E-state index is 0.176. The number of hydrazine groups is 1. The molecule has 1 aromatic carbocycles. The number of aromatic nitrogens is 2. The Morgan fingerprint density at radius 1 is 1.26 bits per heavy atom. The van der Waals surface area contributed by atoms with Gasteiger partial charge in [0.25, 0.3) is 0 Å². The number of ether oxygens (including phenoxy) is 1. The van der Waals surface area contributed by atoms with E-state index in [2.05, 4.69) is 15.4 Å². The molecule has 0 bridgehead atoms. The van der Waals surface area contributed by atoms with Gasteiger partial charge < -0.3 is 10.2 Å². The summed E-state index contributed by atoms with van der Waals surface area (Å²) in [6.45, 7) is 2.21. The van der Waals surface area contributed by atoms with Crippen molar-refractivity contribution in [2.45, 2.75) is 20.1 Å². The van der Waals surface area contributed by atoms with E-state index in [-0.39, 0.29) is 19.0 Å². The molecule has 1 aromatic heterocycles. The van der Waals surface area contributed by atoms with Gasteiger partial charge in [0.1, 0.15) is 18.2 Å². The van der Waals surface area contributed by atoms with Crippen LogP contribution in [0.4, 0.5) is 10.2 Å². The molecule has 6 heteroatoms. The fourth-order valence-electron chi connectivity index (χ4n) is 1.64. The van der Waals surface area contributed by atoms with Crippen LogP contribution in [0.1, 0.15) is 17.1 Å². The molecule has 0 unspecified atom stereocenters. The lowest BCUT2D eigenvalue weighted by Gasteiger charge is -2.07. The Morgan fingerprint density at radius 2 is 2.05 bits per heavy atom. The lowest BCUT2D eigenvalue weighted by atomic mass is 10.2. The molecule has 2 aromatic rings. The third kappa shape index (κ3) is 3.70. The zero-order chi connectivity index (χ0) is 13.7. The summed E-state index contributed by atoms with van der Waals surface area (Å²) in [4.78, 5) is 8.35. The van der Waals surface area contributed by atoms with Crippen molar-refractivity contribution in [1.29, 1.82) is 0 Å². The molecule has 0 amide bonds. The summed E-state index contributed by atoms with van der Waals surface area (Å²) in [6, 6.07) is 8.21. The maximum Gasteiger partial charge on any atom is 0.156 e. The van der Waals surface area contributed by atoms with Crippen LogP contribution < -0.4 is 11.3 Å². The standard InChI is InChI=1S/C13H15FN4O/c1-9-6-12(18-15)17-13(16-9)8-19-7-10-4-2-3-5-11(10)14/h2-6H,7-8,15H2,1H3,(H,16,17,18). The predicted molar refractivity (Wildman–Crippen MR) is 69.5 cm³/mol. The maximum absolute atomic E-state index is 13.4. The van der Waals surface area contributed by atoms with Crippen molar-refractivity contribution in [2.75, 3.05) is 5.43 Å². The number of hydrogen-bond donors (Lipinski definition) is 2. The second-order valence-corrected chi connectivity index (χ2v) is 4.04. The molecule has 1 heterocycles. The Bertz CT molecular complexity index is 562. The molecular formula is C13H15FN4O. The average Bonchev–Trinajstić information content (AvgIpc) is 2.40. The van der Waals surface area contributed by atoms with E-state index in [0.29, 0.717) is 17.2 Å². The van der Waals surface area contributed by atoms with Crippen LogP contribution in [0.15, 0.2) is 30.3 Å². The van der Waals surface area contributed by atoms with E-state index in [4.69, 9.17) is 10.6 Å². The van der Waals surface area contributed by atoms with Crippen molar-refractivity contribution in [3.8, 4) is 0 Å². The molecule has 5 nitrogen and oxygen atoms in total. The van der Waals surface area contributed by atoms with Gasteiger partial charge in [-0.05, 0) is 13.0 Å². The zero-order valence-corrected chi connectivity index (χ0v) is 10.6. The minimum Gasteiger partial charge on any atom is -0.369 e. The molecule has 0 saturated heterocycles. The second kappa shape index (κ2) is 6.21. The molecule has 0 aliphatic rings. The second-order valence-electron chi connectivity index (χ2n) is 4.04. The summed E-state index contributed by atoms with van der Waals surface area (Å²) in [6.07, 6.45) is 0. The Labute approximate surface area is 110 Å². The molecule has 0 radical (unpaired) electrons. The number of nitrogens with zero attached hydrogens (tertiary/aromatic N) is 2. The van der Waals surface area contributed by atoms with E-state index in [9.17, 15) is 4.39 Å². The molecule has 0 fully saturated rings. The maximum atomic E-state index is 13.4. The number of hydrogen-bond acceptors (Lipinski definition) is 5. The summed E-state index contributed by atoms with van der Waals surface area (Å²) in [5, 5.41) is 0. The van der Waals surface area contributed by atoms with Crippen molar-refractivity contribution in [3.05, 3.63) is 53.2 Å². The van der Waals surface area contributed by atoms with Crippen molar-refractivity contribution in [3.63, 3.8) is 0 Å². The first-order chi connectivity index (χ1) is 9.19. The average molecular weight is 262 g/mol. The summed E-state index contributed by atoms with van der Waals surface area (Å²) in [7, 11) is 0. The molecule has 0 atom stereocenters. The highest BCUT2D eigenvalue weighted by Gasteiger charge is 2.04. The van der Waals surface area contributed by atoms with Gasteiger partial charge in [0.2, 0.25) is 0 Å². The Balaban J connectivity index is 1.96. The van der Waals surface area contributed by atoms with Crippen LogP contribution in [0, 0.1) is 12.7 Å². The number of halogens is 1. The highest BCUT2D eigenvalue weighted by atomic mass is 19.1. The van der Waals surface area contributed by atoms with Crippen molar-refractivity contribution in [2.24, 2.45) is 5.84 Å². The Kier molecular flexibility index (Phi) is 4.38. The molecule has 0 aliphatic heterocycles. The molecule has 3 N–H and O–H groups in total. The van der Waals surface area contributed by atoms with Crippen LogP contribution >= 0.6 is 0 Å². The fraction of sp³-hybridized carbons (Fsp3) is 0.231. The third-order valence-corrected chi connectivity index (χ3v) is 2.49. The van der Waals surface area contributed by atoms with Gasteiger partial charge in [-0.2, -0.15) is 0 Å². The van der Waals surface area contributed by atoms with Gasteiger partial charge in [0.05, 0.1) is 6.61 Å². The van der Waals surface area contributed by atoms with Crippen LogP contribution in [0.2, 0.25) is 0 Å². The van der Waals surface area contributed by atoms with E-state index >= 15 is 0 Å². The Morgan fingerprint density at radius 3 is 2.79 bits per heavy atom. The third-order valence-electron chi connectivity index (χ3n) is 2.49. The largest absolute Gasteiger partial charge is 0.369 e. The van der Waals surface area contributed by atoms with Crippen LogP contribution in [-0.4, -0.2) is 9.97 Å². The zero-order valence-electron chi connectivity index (χ0n) is 10.6. The van der Waals surface area contributed by atoms with Crippen molar-refractivity contribution >= 4 is 5.82 Å². The number of benzene rings is 1. The molecule has 2 rings (SSSR count). The molecule has 19 heavy (non-hydrogen) atoms. The number of nitrogen functional groups attached to an aromatic ring is 1. The summed E-state index contributed by atoms with van der Waals surface area (Å²) in [5.74, 6) is 6.04. The summed E-state index contributed by atoms with van der Waals surface area (Å²) in [5.41, 5.74) is 3.75. The van der Waals surface area contributed by atoms with E-state index < -0.39 is 0 Å². The highest BCUT2D eigenvalue weighted by molar-refractivity contribution is 5.33. The van der Waals surface area contributed by atoms with Crippen LogP contribution in [0.5, 0.6) is 0 Å². The number of aryl methyl sites for hydroxylation is 1. The van der Waals surface area contributed by atoms with Crippen LogP contribution in [0.3, 0.4) is 0 Å². The van der Waals surface area contributed by atoms with Gasteiger partial charge in [-0.25, -0.2) is 20.2 Å². The first-order valence-corrected chi connectivity index (χ1v) is 5.81. The molecular weight excluding hydrogens is 247 g/mol. The number of anilines is 1. The van der Waals surface area contributed by atoms with E-state index in [1.54, 1.807) is 24.3 Å². The van der Waals surface area contributed by atoms with E-state index in [1.807, 2.05) is 6.92 Å². The van der Waals surface area contributed by atoms with Gasteiger partial charge in [-0.1, -0.05) is 18.2 Å². The lowest BCUT2D eigenvalue weighted by molar-refractivity contribution is 0.0994. The number of nitrogens with one attached hydrogen (secondary N) is 1. The predicted octanol–water partition coefficient (Wildman–Crippen LogP) is 1.93. The number of nitrogens with two attached hydrogens (primary N) is 1. The molecule has 0 aliphatic carbocycles. The van der Waals surface area contributed by atoms with Crippen molar-refractivity contribution < 1.29 is 9.13 Å². The quantitative estimate of drug-likeness (QED) is 0.636. The monoisotopic (exact) mass is 262 g/mol. The van der Waals surface area contributed by atoms with E-state index in [1.165, 1.54) is 6.07 Å². The van der Waals surface area contributed by atoms with E-state index in [0.717, 1.165) is 5.69 Å². The SMILES string of the molecule is Cc1cc(NN)nc(COCc2ccccc2F)n1. The highest BCUT2D eigenvalue weighted by Crippen LogP contribution is 2.10. The Hall–Kier alpha value is -2.05. The van der Waals surface area contributed by atoms with Gasteiger partial charge in [-0.3, -0.25) is 0 Å². The smallest absolute Gasteiger partial charge is 0.156 e. The molecule has 0 saturated carbocycles. The molecule has 0 spiro atoms. The molecule has 100 valence electrons. The first kappa shape index (κ1) is 13.4. The minimum atomic E-state index is -0.281. The van der Waals surface area contributed by atoms with Gasteiger partial charge in [0, 0.05) is 17.3 Å².